The molecule has 1 amide bonds. The van der Waals surface area contributed by atoms with Crippen molar-refractivity contribution in [1.29, 1.82) is 0 Å². The summed E-state index contributed by atoms with van der Waals surface area (Å²) in [4.78, 5) is 13.5. The van der Waals surface area contributed by atoms with Gasteiger partial charge in [-0.25, -0.2) is 0 Å². The van der Waals surface area contributed by atoms with Crippen molar-refractivity contribution >= 4 is 34.2 Å². The second-order valence-corrected chi connectivity index (χ2v) is 6.62. The SMILES string of the molecule is CN(CCCC(=O)NCCN)C1=NS(=O)(=O)c2ccccc21.Cl. The molecule has 1 aromatic rings. The third-order valence-corrected chi connectivity index (χ3v) is 4.66. The predicted molar refractivity (Wildman–Crippen MR) is 91.3 cm³/mol. The minimum Gasteiger partial charge on any atom is -0.358 e. The van der Waals surface area contributed by atoms with Crippen LogP contribution in [0.25, 0.3) is 0 Å². The summed E-state index contributed by atoms with van der Waals surface area (Å²) >= 11 is 0. The second-order valence-electron chi connectivity index (χ2n) is 5.05. The van der Waals surface area contributed by atoms with E-state index in [0.717, 1.165) is 0 Å². The Morgan fingerprint density at radius 2 is 2.04 bits per heavy atom. The maximum atomic E-state index is 12.0. The van der Waals surface area contributed by atoms with E-state index in [0.29, 0.717) is 43.9 Å². The Hall–Kier alpha value is -1.64. The summed E-state index contributed by atoms with van der Waals surface area (Å²) in [5.74, 6) is 0.373. The van der Waals surface area contributed by atoms with Crippen molar-refractivity contribution in [1.82, 2.24) is 10.2 Å². The Labute approximate surface area is 142 Å². The topological polar surface area (TPSA) is 105 Å². The number of sulfonamides is 1. The number of nitrogens with zero attached hydrogens (tertiary/aromatic N) is 2. The first-order valence-electron chi connectivity index (χ1n) is 7.08. The molecule has 1 aliphatic rings. The Morgan fingerprint density at radius 1 is 1.35 bits per heavy atom. The molecule has 9 heteroatoms. The smallest absolute Gasteiger partial charge is 0.285 e. The summed E-state index contributed by atoms with van der Waals surface area (Å²) in [5.41, 5.74) is 5.92. The zero-order chi connectivity index (χ0) is 16.2. The van der Waals surface area contributed by atoms with Crippen molar-refractivity contribution in [3.05, 3.63) is 29.8 Å². The van der Waals surface area contributed by atoms with Gasteiger partial charge in [0.1, 0.15) is 10.7 Å². The lowest BCUT2D eigenvalue weighted by molar-refractivity contribution is -0.121. The fourth-order valence-electron chi connectivity index (χ4n) is 2.25. The summed E-state index contributed by atoms with van der Waals surface area (Å²) in [5, 5.41) is 2.70. The van der Waals surface area contributed by atoms with E-state index < -0.39 is 10.0 Å². The number of amides is 1. The van der Waals surface area contributed by atoms with Crippen molar-refractivity contribution < 1.29 is 13.2 Å². The van der Waals surface area contributed by atoms with Crippen LogP contribution in [0.2, 0.25) is 0 Å². The van der Waals surface area contributed by atoms with Gasteiger partial charge in [-0.3, -0.25) is 4.79 Å². The van der Waals surface area contributed by atoms with Crippen LogP contribution in [0.15, 0.2) is 33.6 Å². The number of amidine groups is 1. The first-order valence-corrected chi connectivity index (χ1v) is 8.52. The van der Waals surface area contributed by atoms with Gasteiger partial charge >= 0.3 is 0 Å². The highest BCUT2D eigenvalue weighted by molar-refractivity contribution is 7.90. The van der Waals surface area contributed by atoms with Gasteiger partial charge in [-0.05, 0) is 18.6 Å². The Bertz CT molecular complexity index is 691. The Morgan fingerprint density at radius 3 is 2.74 bits per heavy atom. The van der Waals surface area contributed by atoms with Crippen LogP contribution in [0.4, 0.5) is 0 Å². The highest BCUT2D eigenvalue weighted by Gasteiger charge is 2.30. The molecule has 0 bridgehead atoms. The molecule has 0 aliphatic carbocycles. The number of carbonyl (C=O) groups is 1. The van der Waals surface area contributed by atoms with Crippen LogP contribution >= 0.6 is 12.4 Å². The molecule has 1 aliphatic heterocycles. The molecule has 0 atom stereocenters. The first-order chi connectivity index (χ1) is 10.5. The lowest BCUT2D eigenvalue weighted by atomic mass is 10.2. The lowest BCUT2D eigenvalue weighted by Crippen LogP contribution is -2.31. The largest absolute Gasteiger partial charge is 0.358 e. The average molecular weight is 361 g/mol. The maximum Gasteiger partial charge on any atom is 0.285 e. The number of nitrogens with two attached hydrogens (primary N) is 1. The highest BCUT2D eigenvalue weighted by atomic mass is 35.5. The molecule has 23 heavy (non-hydrogen) atoms. The molecule has 3 N–H and O–H groups in total. The Kier molecular flexibility index (Phi) is 6.99. The number of fused-ring (bicyclic) bond motifs is 1. The Balaban J connectivity index is 0.00000264. The molecular formula is C14H21ClN4O3S. The van der Waals surface area contributed by atoms with Gasteiger partial charge in [0, 0.05) is 38.7 Å². The van der Waals surface area contributed by atoms with E-state index in [1.165, 1.54) is 0 Å². The van der Waals surface area contributed by atoms with Crippen molar-refractivity contribution in [2.45, 2.75) is 17.7 Å². The minimum atomic E-state index is -3.60. The van der Waals surface area contributed by atoms with E-state index in [9.17, 15) is 13.2 Å². The molecule has 0 spiro atoms. The lowest BCUT2D eigenvalue weighted by Gasteiger charge is -2.18. The van der Waals surface area contributed by atoms with Gasteiger partial charge in [0.05, 0.1) is 0 Å². The van der Waals surface area contributed by atoms with E-state index >= 15 is 0 Å². The molecule has 128 valence electrons. The molecule has 1 aromatic carbocycles. The number of carbonyl (C=O) groups excluding carboxylic acids is 1. The zero-order valence-electron chi connectivity index (χ0n) is 12.9. The number of nitrogens with one attached hydrogen (secondary N) is 1. The van der Waals surface area contributed by atoms with Crippen molar-refractivity contribution in [2.75, 3.05) is 26.7 Å². The summed E-state index contributed by atoms with van der Waals surface area (Å²) in [6.07, 6.45) is 0.972. The van der Waals surface area contributed by atoms with Crippen LogP contribution in [0, 0.1) is 0 Å². The number of hydrogen-bond acceptors (Lipinski definition) is 5. The quantitative estimate of drug-likeness (QED) is 0.761. The zero-order valence-corrected chi connectivity index (χ0v) is 14.5. The molecule has 0 aromatic heterocycles. The van der Waals surface area contributed by atoms with Gasteiger partial charge < -0.3 is 16.0 Å². The van der Waals surface area contributed by atoms with E-state index in [4.69, 9.17) is 5.73 Å². The molecule has 1 heterocycles. The third-order valence-electron chi connectivity index (χ3n) is 3.34. The monoisotopic (exact) mass is 360 g/mol. The summed E-state index contributed by atoms with van der Waals surface area (Å²) in [7, 11) is -1.83. The average Bonchev–Trinajstić information content (AvgIpc) is 2.77. The van der Waals surface area contributed by atoms with E-state index in [1.807, 2.05) is 0 Å². The first kappa shape index (κ1) is 19.4. The molecule has 0 saturated heterocycles. The fraction of sp³-hybridized carbons (Fsp3) is 0.429. The summed E-state index contributed by atoms with van der Waals surface area (Å²) in [6, 6.07) is 6.75. The minimum absolute atomic E-state index is 0. The molecule has 0 saturated carbocycles. The molecule has 2 rings (SSSR count). The number of benzene rings is 1. The number of halogens is 1. The van der Waals surface area contributed by atoms with Crippen LogP contribution < -0.4 is 11.1 Å². The summed E-state index contributed by atoms with van der Waals surface area (Å²) in [6.45, 7) is 1.42. The fourth-order valence-corrected chi connectivity index (χ4v) is 3.50. The van der Waals surface area contributed by atoms with Crippen molar-refractivity contribution in [3.8, 4) is 0 Å². The van der Waals surface area contributed by atoms with Gasteiger partial charge in [0.25, 0.3) is 10.0 Å². The van der Waals surface area contributed by atoms with Crippen LogP contribution in [-0.2, 0) is 14.8 Å². The van der Waals surface area contributed by atoms with Crippen LogP contribution in [0.5, 0.6) is 0 Å². The van der Waals surface area contributed by atoms with E-state index in [-0.39, 0.29) is 23.2 Å². The van der Waals surface area contributed by atoms with E-state index in [1.54, 1.807) is 36.2 Å². The van der Waals surface area contributed by atoms with Gasteiger partial charge in [-0.15, -0.1) is 16.8 Å². The van der Waals surface area contributed by atoms with Crippen LogP contribution in [0.3, 0.4) is 0 Å². The molecule has 7 nitrogen and oxygen atoms in total. The van der Waals surface area contributed by atoms with Gasteiger partial charge in [-0.2, -0.15) is 8.42 Å². The van der Waals surface area contributed by atoms with Crippen molar-refractivity contribution in [3.63, 3.8) is 0 Å². The van der Waals surface area contributed by atoms with Crippen LogP contribution in [0.1, 0.15) is 18.4 Å². The van der Waals surface area contributed by atoms with Crippen LogP contribution in [-0.4, -0.2) is 51.7 Å². The van der Waals surface area contributed by atoms with Gasteiger partial charge in [0.2, 0.25) is 5.91 Å². The number of hydrogen-bond donors (Lipinski definition) is 2. The molecule has 0 radical (unpaired) electrons. The second kappa shape index (κ2) is 8.28. The normalized spacial score (nSPS) is 14.4. The standard InChI is InChI=1S/C14H20N4O3S.ClH/c1-18(10-4-7-13(19)16-9-8-15)14-11-5-2-3-6-12(11)22(20,21)17-14;/h2-3,5-6H,4,7-10,15H2,1H3,(H,16,19);1H. The number of rotatable bonds is 6. The highest BCUT2D eigenvalue weighted by Crippen LogP contribution is 2.26. The molecule has 0 unspecified atom stereocenters. The van der Waals surface area contributed by atoms with E-state index in [2.05, 4.69) is 9.71 Å². The summed E-state index contributed by atoms with van der Waals surface area (Å²) < 4.78 is 27.8. The maximum absolute atomic E-state index is 12.0. The van der Waals surface area contributed by atoms with Gasteiger partial charge in [0.15, 0.2) is 0 Å². The molecule has 0 fully saturated rings. The predicted octanol–water partition coefficient (Wildman–Crippen LogP) is 0.344. The van der Waals surface area contributed by atoms with Gasteiger partial charge in [-0.1, -0.05) is 12.1 Å². The third kappa shape index (κ3) is 4.66. The molecular weight excluding hydrogens is 340 g/mol. The van der Waals surface area contributed by atoms with Crippen molar-refractivity contribution in [2.24, 2.45) is 10.1 Å².